The molecular weight excluding hydrogens is 299 g/mol. The fourth-order valence-electron chi connectivity index (χ4n) is 1.12. The zero-order valence-electron chi connectivity index (χ0n) is 9.89. The quantitative estimate of drug-likeness (QED) is 0.459. The van der Waals surface area contributed by atoms with Gasteiger partial charge in [-0.15, -0.1) is 0 Å². The summed E-state index contributed by atoms with van der Waals surface area (Å²) in [5.74, 6) is 0. The summed E-state index contributed by atoms with van der Waals surface area (Å²) in [6, 6.07) is 0. The predicted octanol–water partition coefficient (Wildman–Crippen LogP) is 4.16. The zero-order valence-corrected chi connectivity index (χ0v) is 12.1. The predicted molar refractivity (Wildman–Crippen MR) is 77.2 cm³/mol. The van der Waals surface area contributed by atoms with Gasteiger partial charge in [-0.3, -0.25) is 0 Å². The number of aliphatic imine (C=N–C) groups is 1. The van der Waals surface area contributed by atoms with E-state index in [0.717, 1.165) is 21.5 Å². The third kappa shape index (κ3) is 6.49. The Bertz CT molecular complexity index is 304. The monoisotopic (exact) mass is 318 g/mol. The van der Waals surface area contributed by atoms with Crippen molar-refractivity contribution in [2.45, 2.75) is 34.1 Å². The number of nitrogens with zero attached hydrogens (tertiary/aromatic N) is 1. The molecule has 0 aromatic heterocycles. The maximum absolute atomic E-state index is 4.50. The van der Waals surface area contributed by atoms with Crippen LogP contribution in [0.25, 0.3) is 0 Å². The second-order valence-electron chi connectivity index (χ2n) is 3.39. The van der Waals surface area contributed by atoms with Gasteiger partial charge in [0.1, 0.15) is 0 Å². The molecule has 15 heavy (non-hydrogen) atoms. The highest BCUT2D eigenvalue weighted by molar-refractivity contribution is 14.1. The van der Waals surface area contributed by atoms with Crippen molar-refractivity contribution < 1.29 is 0 Å². The lowest BCUT2D eigenvalue weighted by molar-refractivity contribution is 0.972. The number of rotatable bonds is 5. The van der Waals surface area contributed by atoms with Crippen molar-refractivity contribution in [3.63, 3.8) is 0 Å². The zero-order chi connectivity index (χ0) is 11.8. The topological polar surface area (TPSA) is 24.4 Å². The van der Waals surface area contributed by atoms with Gasteiger partial charge in [0, 0.05) is 0 Å². The van der Waals surface area contributed by atoms with E-state index in [1.54, 1.807) is 6.20 Å². The number of halogens is 1. The Morgan fingerprint density at radius 3 is 2.33 bits per heavy atom. The van der Waals surface area contributed by atoms with Crippen LogP contribution in [0.1, 0.15) is 34.1 Å². The number of nitrogens with one attached hydrogen (secondary N) is 1. The minimum absolute atomic E-state index is 0.903. The normalized spacial score (nSPS) is 13.0. The van der Waals surface area contributed by atoms with E-state index in [-0.39, 0.29) is 0 Å². The first-order chi connectivity index (χ1) is 7.01. The molecule has 1 N–H and O–H groups in total. The highest BCUT2D eigenvalue weighted by Gasteiger charge is 2.00. The Morgan fingerprint density at radius 1 is 1.40 bits per heavy atom. The molecule has 84 valence electrons. The van der Waals surface area contributed by atoms with Crippen LogP contribution in [-0.4, -0.2) is 3.72 Å². The molecule has 0 fully saturated rings. The molecule has 0 saturated heterocycles. The first kappa shape index (κ1) is 14.4. The van der Waals surface area contributed by atoms with Crippen LogP contribution in [-0.2, 0) is 0 Å². The molecule has 0 aromatic carbocycles. The van der Waals surface area contributed by atoms with E-state index in [0.29, 0.717) is 0 Å². The van der Waals surface area contributed by atoms with E-state index >= 15 is 0 Å². The summed E-state index contributed by atoms with van der Waals surface area (Å²) in [5.41, 5.74) is 3.33. The van der Waals surface area contributed by atoms with Crippen molar-refractivity contribution in [3.05, 3.63) is 35.8 Å². The number of hydrogen-bond donors (Lipinski definition) is 1. The Morgan fingerprint density at radius 2 is 2.00 bits per heavy atom. The molecule has 0 heterocycles. The summed E-state index contributed by atoms with van der Waals surface area (Å²) < 4.78 is 1.04. The molecule has 0 atom stereocenters. The molecule has 0 rings (SSSR count). The average molecular weight is 318 g/mol. The minimum atomic E-state index is 0.903. The minimum Gasteiger partial charge on any atom is -0.361 e. The van der Waals surface area contributed by atoms with Crippen LogP contribution in [0.15, 0.2) is 40.8 Å². The number of allylic oxidation sites excluding steroid dienone is 3. The Hall–Kier alpha value is -0.580. The van der Waals surface area contributed by atoms with Crippen molar-refractivity contribution in [2.75, 3.05) is 0 Å². The van der Waals surface area contributed by atoms with Crippen molar-refractivity contribution in [1.29, 1.82) is 0 Å². The molecule has 0 saturated carbocycles. The average Bonchev–Trinajstić information content (AvgIpc) is 2.12. The summed E-state index contributed by atoms with van der Waals surface area (Å²) in [6.45, 7) is 11.9. The molecule has 0 aliphatic carbocycles. The molecule has 0 unspecified atom stereocenters. The Balaban J connectivity index is 5.26. The van der Waals surface area contributed by atoms with Gasteiger partial charge in [0.05, 0.1) is 15.1 Å². The van der Waals surface area contributed by atoms with E-state index < -0.39 is 0 Å². The highest BCUT2D eigenvalue weighted by Crippen LogP contribution is 2.13. The van der Waals surface area contributed by atoms with E-state index in [9.17, 15) is 0 Å². The van der Waals surface area contributed by atoms with Crippen LogP contribution in [0.3, 0.4) is 0 Å². The van der Waals surface area contributed by atoms with Crippen molar-refractivity contribution in [2.24, 2.45) is 4.99 Å². The summed E-state index contributed by atoms with van der Waals surface area (Å²) in [7, 11) is 0. The molecular formula is C12H19IN2. The standard InChI is InChI=1S/C12H19IN2/c1-6-11(15-10(5)13)12(14-7-2)8-9(3)4/h7-8,14H,2,6H2,1,3-5H3/b12-11+,15-10?. The molecule has 0 bridgehead atoms. The Labute approximate surface area is 106 Å². The van der Waals surface area contributed by atoms with E-state index in [1.807, 2.05) is 6.92 Å². The Kier molecular flexibility index (Phi) is 7.38. The molecule has 0 aliphatic heterocycles. The van der Waals surface area contributed by atoms with E-state index in [2.05, 4.69) is 66.3 Å². The van der Waals surface area contributed by atoms with Gasteiger partial charge in [0.25, 0.3) is 0 Å². The first-order valence-corrected chi connectivity index (χ1v) is 6.05. The lowest BCUT2D eigenvalue weighted by atomic mass is 10.2. The van der Waals surface area contributed by atoms with E-state index in [4.69, 9.17) is 0 Å². The van der Waals surface area contributed by atoms with Crippen LogP contribution in [0.5, 0.6) is 0 Å². The summed E-state index contributed by atoms with van der Waals surface area (Å²) in [5, 5.41) is 3.13. The highest BCUT2D eigenvalue weighted by atomic mass is 127. The maximum atomic E-state index is 4.50. The molecule has 0 radical (unpaired) electrons. The van der Waals surface area contributed by atoms with Gasteiger partial charge in [-0.1, -0.05) is 19.1 Å². The first-order valence-electron chi connectivity index (χ1n) is 4.97. The van der Waals surface area contributed by atoms with Gasteiger partial charge >= 0.3 is 0 Å². The fraction of sp³-hybridized carbons (Fsp3) is 0.417. The lowest BCUT2D eigenvalue weighted by Crippen LogP contribution is -2.05. The van der Waals surface area contributed by atoms with Crippen LogP contribution < -0.4 is 5.32 Å². The van der Waals surface area contributed by atoms with Crippen molar-refractivity contribution >= 4 is 26.3 Å². The van der Waals surface area contributed by atoms with Crippen LogP contribution in [0.2, 0.25) is 0 Å². The van der Waals surface area contributed by atoms with Gasteiger partial charge in [-0.25, -0.2) is 4.99 Å². The summed E-state index contributed by atoms with van der Waals surface area (Å²) >= 11 is 2.22. The van der Waals surface area contributed by atoms with Crippen LogP contribution in [0.4, 0.5) is 0 Å². The molecule has 0 aromatic rings. The van der Waals surface area contributed by atoms with Gasteiger partial charge in [-0.05, 0) is 62.1 Å². The second kappa shape index (κ2) is 7.68. The van der Waals surface area contributed by atoms with Gasteiger partial charge in [0.2, 0.25) is 0 Å². The summed E-state index contributed by atoms with van der Waals surface area (Å²) in [6.07, 6.45) is 4.67. The molecule has 3 heteroatoms. The molecule has 0 amide bonds. The number of hydrogen-bond acceptors (Lipinski definition) is 2. The lowest BCUT2D eigenvalue weighted by Gasteiger charge is -2.08. The third-order valence-corrected chi connectivity index (χ3v) is 1.87. The third-order valence-electron chi connectivity index (χ3n) is 1.63. The van der Waals surface area contributed by atoms with Gasteiger partial charge in [-0.2, -0.15) is 0 Å². The fourth-order valence-corrected chi connectivity index (χ4v) is 1.41. The molecule has 2 nitrogen and oxygen atoms in total. The van der Waals surface area contributed by atoms with Crippen LogP contribution in [0, 0.1) is 0 Å². The smallest absolute Gasteiger partial charge is 0.0757 e. The van der Waals surface area contributed by atoms with Gasteiger partial charge in [0.15, 0.2) is 0 Å². The van der Waals surface area contributed by atoms with Crippen molar-refractivity contribution in [1.82, 2.24) is 5.32 Å². The molecule has 0 spiro atoms. The van der Waals surface area contributed by atoms with Crippen molar-refractivity contribution in [3.8, 4) is 0 Å². The second-order valence-corrected chi connectivity index (χ2v) is 4.95. The van der Waals surface area contributed by atoms with Crippen LogP contribution >= 0.6 is 22.6 Å². The van der Waals surface area contributed by atoms with E-state index in [1.165, 1.54) is 5.57 Å². The molecule has 0 aliphatic rings. The summed E-state index contributed by atoms with van der Waals surface area (Å²) in [4.78, 5) is 4.50. The SMILES string of the molecule is C=CN/C(C=C(C)C)=C(\CC)N=C(C)I. The maximum Gasteiger partial charge on any atom is 0.0757 e. The largest absolute Gasteiger partial charge is 0.361 e. The van der Waals surface area contributed by atoms with Gasteiger partial charge < -0.3 is 5.32 Å².